The van der Waals surface area contributed by atoms with Crippen molar-refractivity contribution in [3.8, 4) is 11.5 Å². The second kappa shape index (κ2) is 6.81. The summed E-state index contributed by atoms with van der Waals surface area (Å²) in [5.41, 5.74) is 1.99. The molecule has 0 unspecified atom stereocenters. The Morgan fingerprint density at radius 2 is 2.10 bits per heavy atom. The van der Waals surface area contributed by atoms with Gasteiger partial charge in [-0.1, -0.05) is 23.8 Å². The monoisotopic (exact) mass is 287 g/mol. The fourth-order valence-corrected chi connectivity index (χ4v) is 1.88. The highest BCUT2D eigenvalue weighted by Crippen LogP contribution is 2.18. The Labute approximate surface area is 122 Å². The number of carbonyl (C=O) groups is 1. The van der Waals surface area contributed by atoms with Crippen molar-refractivity contribution in [1.29, 1.82) is 0 Å². The molecule has 0 saturated carbocycles. The summed E-state index contributed by atoms with van der Waals surface area (Å²) < 4.78 is 5.58. The van der Waals surface area contributed by atoms with Crippen LogP contribution in [0, 0.1) is 6.92 Å². The number of carboxylic acid groups (broad SMARTS) is 1. The maximum Gasteiger partial charge on any atom is 0.317 e. The zero-order chi connectivity index (χ0) is 15.2. The zero-order valence-corrected chi connectivity index (χ0v) is 11.8. The SMILES string of the molecule is C=CCN(CC(=O)O)Cc1nnc(-c2ccc(C)cc2)o1. The second-order valence-corrected chi connectivity index (χ2v) is 4.72. The summed E-state index contributed by atoms with van der Waals surface area (Å²) in [5.74, 6) is -0.0947. The first-order chi connectivity index (χ1) is 10.1. The quantitative estimate of drug-likeness (QED) is 0.786. The minimum absolute atomic E-state index is 0.103. The van der Waals surface area contributed by atoms with Crippen LogP contribution in [0.4, 0.5) is 0 Å². The molecule has 0 aliphatic heterocycles. The van der Waals surface area contributed by atoms with Crippen LogP contribution in [0.3, 0.4) is 0 Å². The summed E-state index contributed by atoms with van der Waals surface area (Å²) in [6, 6.07) is 7.75. The van der Waals surface area contributed by atoms with Gasteiger partial charge in [0.05, 0.1) is 13.1 Å². The van der Waals surface area contributed by atoms with E-state index in [2.05, 4.69) is 16.8 Å². The van der Waals surface area contributed by atoms with Crippen LogP contribution in [-0.4, -0.2) is 39.3 Å². The van der Waals surface area contributed by atoms with E-state index in [0.29, 0.717) is 18.3 Å². The summed E-state index contributed by atoms with van der Waals surface area (Å²) in [5, 5.41) is 16.8. The molecule has 2 aromatic rings. The third kappa shape index (κ3) is 4.25. The molecule has 0 atom stereocenters. The smallest absolute Gasteiger partial charge is 0.317 e. The van der Waals surface area contributed by atoms with Gasteiger partial charge in [0, 0.05) is 12.1 Å². The van der Waals surface area contributed by atoms with E-state index in [1.165, 1.54) is 0 Å². The third-order valence-corrected chi connectivity index (χ3v) is 2.87. The van der Waals surface area contributed by atoms with E-state index in [1.54, 1.807) is 11.0 Å². The molecule has 0 spiro atoms. The van der Waals surface area contributed by atoms with Crippen LogP contribution >= 0.6 is 0 Å². The highest BCUT2D eigenvalue weighted by Gasteiger charge is 2.14. The third-order valence-electron chi connectivity index (χ3n) is 2.87. The van der Waals surface area contributed by atoms with Gasteiger partial charge in [-0.25, -0.2) is 0 Å². The fourth-order valence-electron chi connectivity index (χ4n) is 1.88. The fraction of sp³-hybridized carbons (Fsp3) is 0.267. The number of hydrogen-bond donors (Lipinski definition) is 1. The van der Waals surface area contributed by atoms with Crippen LogP contribution < -0.4 is 0 Å². The number of rotatable bonds is 7. The number of nitrogens with zero attached hydrogens (tertiary/aromatic N) is 3. The van der Waals surface area contributed by atoms with Crippen LogP contribution in [-0.2, 0) is 11.3 Å². The molecule has 1 aromatic carbocycles. The van der Waals surface area contributed by atoms with Crippen molar-refractivity contribution >= 4 is 5.97 Å². The van der Waals surface area contributed by atoms with Gasteiger partial charge < -0.3 is 9.52 Å². The van der Waals surface area contributed by atoms with Crippen LogP contribution in [0.5, 0.6) is 0 Å². The maximum atomic E-state index is 10.8. The van der Waals surface area contributed by atoms with Crippen molar-refractivity contribution in [3.05, 3.63) is 48.4 Å². The minimum atomic E-state index is -0.907. The van der Waals surface area contributed by atoms with E-state index in [9.17, 15) is 4.79 Å². The van der Waals surface area contributed by atoms with E-state index in [-0.39, 0.29) is 13.1 Å². The van der Waals surface area contributed by atoms with Gasteiger partial charge in [-0.05, 0) is 19.1 Å². The van der Waals surface area contributed by atoms with E-state index >= 15 is 0 Å². The predicted molar refractivity (Wildman–Crippen MR) is 77.6 cm³/mol. The molecule has 0 bridgehead atoms. The Morgan fingerprint density at radius 1 is 1.38 bits per heavy atom. The van der Waals surface area contributed by atoms with Gasteiger partial charge in [-0.2, -0.15) is 0 Å². The summed E-state index contributed by atoms with van der Waals surface area (Å²) in [6.45, 7) is 6.22. The van der Waals surface area contributed by atoms with Gasteiger partial charge in [-0.15, -0.1) is 16.8 Å². The van der Waals surface area contributed by atoms with Crippen molar-refractivity contribution in [3.63, 3.8) is 0 Å². The molecule has 0 fully saturated rings. The lowest BCUT2D eigenvalue weighted by Crippen LogP contribution is -2.29. The molecule has 1 aromatic heterocycles. The standard InChI is InChI=1S/C15H17N3O3/c1-3-8-18(10-14(19)20)9-13-16-17-15(21-13)12-6-4-11(2)5-7-12/h3-7H,1,8-10H2,2H3,(H,19,20). The van der Waals surface area contributed by atoms with Crippen molar-refractivity contribution in [2.75, 3.05) is 13.1 Å². The number of aromatic nitrogens is 2. The van der Waals surface area contributed by atoms with Gasteiger partial charge in [-0.3, -0.25) is 9.69 Å². The van der Waals surface area contributed by atoms with Crippen LogP contribution in [0.1, 0.15) is 11.5 Å². The van der Waals surface area contributed by atoms with Crippen LogP contribution in [0.2, 0.25) is 0 Å². The van der Waals surface area contributed by atoms with Crippen LogP contribution in [0.15, 0.2) is 41.3 Å². The van der Waals surface area contributed by atoms with Crippen molar-refractivity contribution < 1.29 is 14.3 Å². The summed E-state index contributed by atoms with van der Waals surface area (Å²) >= 11 is 0. The number of hydrogen-bond acceptors (Lipinski definition) is 5. The molecule has 2 rings (SSSR count). The van der Waals surface area contributed by atoms with E-state index in [1.807, 2.05) is 31.2 Å². The molecule has 6 nitrogen and oxygen atoms in total. The molecule has 0 amide bonds. The molecule has 1 heterocycles. The molecule has 21 heavy (non-hydrogen) atoms. The molecular formula is C15H17N3O3. The number of aliphatic carboxylic acids is 1. The Hall–Kier alpha value is -2.47. The molecular weight excluding hydrogens is 270 g/mol. The lowest BCUT2D eigenvalue weighted by atomic mass is 10.1. The van der Waals surface area contributed by atoms with E-state index in [0.717, 1.165) is 11.1 Å². The summed E-state index contributed by atoms with van der Waals surface area (Å²) in [6.07, 6.45) is 1.64. The number of aryl methyl sites for hydroxylation is 1. The van der Waals surface area contributed by atoms with E-state index < -0.39 is 5.97 Å². The zero-order valence-electron chi connectivity index (χ0n) is 11.8. The van der Waals surface area contributed by atoms with E-state index in [4.69, 9.17) is 9.52 Å². The van der Waals surface area contributed by atoms with Gasteiger partial charge in [0.1, 0.15) is 0 Å². The Kier molecular flexibility index (Phi) is 4.84. The van der Waals surface area contributed by atoms with Crippen LogP contribution in [0.25, 0.3) is 11.5 Å². The largest absolute Gasteiger partial charge is 0.480 e. The van der Waals surface area contributed by atoms with Gasteiger partial charge in [0.25, 0.3) is 0 Å². The first-order valence-electron chi connectivity index (χ1n) is 6.53. The highest BCUT2D eigenvalue weighted by molar-refractivity contribution is 5.69. The van der Waals surface area contributed by atoms with Crippen molar-refractivity contribution in [2.45, 2.75) is 13.5 Å². The molecule has 0 aliphatic carbocycles. The molecule has 6 heteroatoms. The highest BCUT2D eigenvalue weighted by atomic mass is 16.4. The lowest BCUT2D eigenvalue weighted by Gasteiger charge is -2.15. The molecule has 0 saturated heterocycles. The number of benzene rings is 1. The Morgan fingerprint density at radius 3 is 2.71 bits per heavy atom. The second-order valence-electron chi connectivity index (χ2n) is 4.72. The van der Waals surface area contributed by atoms with Crippen molar-refractivity contribution in [2.24, 2.45) is 0 Å². The van der Waals surface area contributed by atoms with Crippen molar-refractivity contribution in [1.82, 2.24) is 15.1 Å². The average Bonchev–Trinajstić information content (AvgIpc) is 2.87. The molecule has 0 aliphatic rings. The molecule has 0 radical (unpaired) electrons. The molecule has 110 valence electrons. The average molecular weight is 287 g/mol. The minimum Gasteiger partial charge on any atom is -0.480 e. The maximum absolute atomic E-state index is 10.8. The van der Waals surface area contributed by atoms with Gasteiger partial charge in [0.2, 0.25) is 11.8 Å². The first kappa shape index (κ1) is 14.9. The summed E-state index contributed by atoms with van der Waals surface area (Å²) in [4.78, 5) is 12.4. The first-order valence-corrected chi connectivity index (χ1v) is 6.53. The topological polar surface area (TPSA) is 79.5 Å². The molecule has 1 N–H and O–H groups in total. The summed E-state index contributed by atoms with van der Waals surface area (Å²) in [7, 11) is 0. The Bertz CT molecular complexity index is 619. The predicted octanol–water partition coefficient (Wildman–Crippen LogP) is 2.12. The van der Waals surface area contributed by atoms with Gasteiger partial charge in [0.15, 0.2) is 0 Å². The Balaban J connectivity index is 2.09. The van der Waals surface area contributed by atoms with Gasteiger partial charge >= 0.3 is 5.97 Å². The normalized spacial score (nSPS) is 10.8. The number of carboxylic acids is 1. The lowest BCUT2D eigenvalue weighted by molar-refractivity contribution is -0.138.